The molecule has 0 saturated carbocycles. The number of hydrogen-bond acceptors (Lipinski definition) is 2. The Labute approximate surface area is 95.4 Å². The van der Waals surface area contributed by atoms with Crippen molar-refractivity contribution in [2.45, 2.75) is 65.0 Å². The van der Waals surface area contributed by atoms with Crippen molar-refractivity contribution < 1.29 is 0 Å². The van der Waals surface area contributed by atoms with Crippen LogP contribution in [0.2, 0.25) is 0 Å². The van der Waals surface area contributed by atoms with Gasteiger partial charge in [-0.1, -0.05) is 6.42 Å². The summed E-state index contributed by atoms with van der Waals surface area (Å²) in [6.45, 7) is 12.8. The van der Waals surface area contributed by atoms with Crippen LogP contribution in [0.15, 0.2) is 0 Å². The molecule has 0 amide bonds. The third-order valence-electron chi connectivity index (χ3n) is 3.23. The van der Waals surface area contributed by atoms with Gasteiger partial charge in [-0.25, -0.2) is 0 Å². The van der Waals surface area contributed by atoms with Crippen molar-refractivity contribution in [1.82, 2.24) is 10.2 Å². The van der Waals surface area contributed by atoms with E-state index in [0.717, 1.165) is 12.6 Å². The minimum Gasteiger partial charge on any atom is -0.312 e. The summed E-state index contributed by atoms with van der Waals surface area (Å²) in [6.07, 6.45) is 5.51. The zero-order chi connectivity index (χ0) is 11.3. The average molecular weight is 212 g/mol. The topological polar surface area (TPSA) is 15.3 Å². The fraction of sp³-hybridized carbons (Fsp3) is 1.00. The van der Waals surface area contributed by atoms with E-state index in [1.165, 1.54) is 38.8 Å². The average Bonchev–Trinajstić information content (AvgIpc) is 2.17. The number of nitrogens with one attached hydrogen (secondary N) is 1. The van der Waals surface area contributed by atoms with Gasteiger partial charge in [-0.05, 0) is 66.6 Å². The van der Waals surface area contributed by atoms with Crippen LogP contribution in [0.4, 0.5) is 0 Å². The number of likely N-dealkylation sites (tertiary alicyclic amines) is 1. The Morgan fingerprint density at radius 1 is 1.13 bits per heavy atom. The van der Waals surface area contributed by atoms with Crippen LogP contribution in [0.3, 0.4) is 0 Å². The summed E-state index contributed by atoms with van der Waals surface area (Å²) in [5, 5.41) is 3.57. The molecule has 0 aromatic heterocycles. The van der Waals surface area contributed by atoms with E-state index in [1.54, 1.807) is 0 Å². The maximum absolute atomic E-state index is 3.57. The van der Waals surface area contributed by atoms with Crippen molar-refractivity contribution in [3.05, 3.63) is 0 Å². The summed E-state index contributed by atoms with van der Waals surface area (Å²) in [7, 11) is 0. The summed E-state index contributed by atoms with van der Waals surface area (Å²) in [5.74, 6) is 0. The van der Waals surface area contributed by atoms with Crippen LogP contribution in [0.5, 0.6) is 0 Å². The second-order valence-electron chi connectivity index (χ2n) is 5.91. The Morgan fingerprint density at radius 2 is 1.73 bits per heavy atom. The molecule has 15 heavy (non-hydrogen) atoms. The van der Waals surface area contributed by atoms with Gasteiger partial charge in [-0.15, -0.1) is 0 Å². The van der Waals surface area contributed by atoms with Crippen LogP contribution in [0.1, 0.15) is 53.4 Å². The van der Waals surface area contributed by atoms with Gasteiger partial charge in [0, 0.05) is 11.6 Å². The molecular weight excluding hydrogens is 184 g/mol. The normalized spacial score (nSPS) is 21.6. The van der Waals surface area contributed by atoms with Crippen molar-refractivity contribution >= 4 is 0 Å². The van der Waals surface area contributed by atoms with E-state index in [-0.39, 0.29) is 5.54 Å². The molecule has 0 aliphatic carbocycles. The lowest BCUT2D eigenvalue weighted by atomic mass is 10.1. The minimum absolute atomic E-state index is 0.265. The fourth-order valence-electron chi connectivity index (χ4n) is 2.20. The van der Waals surface area contributed by atoms with E-state index in [0.29, 0.717) is 0 Å². The molecule has 2 heteroatoms. The second-order valence-corrected chi connectivity index (χ2v) is 5.91. The number of hydrogen-bond donors (Lipinski definition) is 1. The SMILES string of the molecule is CC(CCNC(C)(C)C)N1CCCCC1. The highest BCUT2D eigenvalue weighted by Crippen LogP contribution is 2.13. The fourth-order valence-corrected chi connectivity index (χ4v) is 2.20. The molecule has 1 atom stereocenters. The molecule has 1 aliphatic rings. The Hall–Kier alpha value is -0.0800. The molecule has 0 aromatic carbocycles. The van der Waals surface area contributed by atoms with Gasteiger partial charge in [0.2, 0.25) is 0 Å². The summed E-state index contributed by atoms with van der Waals surface area (Å²) in [6, 6.07) is 0.750. The van der Waals surface area contributed by atoms with E-state index in [4.69, 9.17) is 0 Å². The van der Waals surface area contributed by atoms with Gasteiger partial charge in [0.1, 0.15) is 0 Å². The molecule has 1 aliphatic heterocycles. The van der Waals surface area contributed by atoms with Crippen molar-refractivity contribution in [3.8, 4) is 0 Å². The van der Waals surface area contributed by atoms with Crippen LogP contribution in [-0.2, 0) is 0 Å². The van der Waals surface area contributed by atoms with Crippen LogP contribution in [0, 0.1) is 0 Å². The van der Waals surface area contributed by atoms with Crippen molar-refractivity contribution in [2.24, 2.45) is 0 Å². The highest BCUT2D eigenvalue weighted by atomic mass is 15.2. The van der Waals surface area contributed by atoms with Gasteiger partial charge in [-0.3, -0.25) is 0 Å². The molecule has 0 spiro atoms. The molecule has 1 rings (SSSR count). The largest absolute Gasteiger partial charge is 0.312 e. The van der Waals surface area contributed by atoms with E-state index in [9.17, 15) is 0 Å². The summed E-state index contributed by atoms with van der Waals surface area (Å²) in [5.41, 5.74) is 0.265. The molecule has 1 heterocycles. The standard InChI is InChI=1S/C13H28N2/c1-12(8-9-14-13(2,3)4)15-10-6-5-7-11-15/h12,14H,5-11H2,1-4H3. The lowest BCUT2D eigenvalue weighted by molar-refractivity contribution is 0.164. The molecule has 2 nitrogen and oxygen atoms in total. The van der Waals surface area contributed by atoms with Crippen LogP contribution in [-0.4, -0.2) is 36.1 Å². The molecule has 1 saturated heterocycles. The van der Waals surface area contributed by atoms with Gasteiger partial charge in [0.25, 0.3) is 0 Å². The smallest absolute Gasteiger partial charge is 0.00965 e. The van der Waals surface area contributed by atoms with Gasteiger partial charge >= 0.3 is 0 Å². The van der Waals surface area contributed by atoms with Gasteiger partial charge < -0.3 is 10.2 Å². The number of piperidine rings is 1. The zero-order valence-corrected chi connectivity index (χ0v) is 11.0. The Balaban J connectivity index is 2.14. The molecule has 90 valence electrons. The molecule has 0 bridgehead atoms. The van der Waals surface area contributed by atoms with Crippen LogP contribution >= 0.6 is 0 Å². The Bertz CT molecular complexity index is 166. The van der Waals surface area contributed by atoms with Gasteiger partial charge in [0.15, 0.2) is 0 Å². The highest BCUT2D eigenvalue weighted by Gasteiger charge is 2.17. The van der Waals surface area contributed by atoms with Crippen molar-refractivity contribution in [2.75, 3.05) is 19.6 Å². The quantitative estimate of drug-likeness (QED) is 0.770. The first-order valence-electron chi connectivity index (χ1n) is 6.48. The lowest BCUT2D eigenvalue weighted by Crippen LogP contribution is -2.42. The number of nitrogens with zero attached hydrogens (tertiary/aromatic N) is 1. The summed E-state index contributed by atoms with van der Waals surface area (Å²) < 4.78 is 0. The maximum Gasteiger partial charge on any atom is 0.00965 e. The first-order chi connectivity index (χ1) is 6.99. The monoisotopic (exact) mass is 212 g/mol. The maximum atomic E-state index is 3.57. The van der Waals surface area contributed by atoms with Crippen LogP contribution < -0.4 is 5.32 Å². The third-order valence-corrected chi connectivity index (χ3v) is 3.23. The van der Waals surface area contributed by atoms with E-state index in [2.05, 4.69) is 37.9 Å². The molecule has 1 fully saturated rings. The van der Waals surface area contributed by atoms with Gasteiger partial charge in [-0.2, -0.15) is 0 Å². The second kappa shape index (κ2) is 5.86. The molecule has 1 N–H and O–H groups in total. The van der Waals surface area contributed by atoms with E-state index >= 15 is 0 Å². The first-order valence-corrected chi connectivity index (χ1v) is 6.48. The Morgan fingerprint density at radius 3 is 2.27 bits per heavy atom. The minimum atomic E-state index is 0.265. The number of rotatable bonds is 4. The molecule has 1 unspecified atom stereocenters. The molecule has 0 radical (unpaired) electrons. The predicted molar refractivity (Wildman–Crippen MR) is 67.3 cm³/mol. The molecule has 0 aromatic rings. The van der Waals surface area contributed by atoms with Crippen molar-refractivity contribution in [1.29, 1.82) is 0 Å². The zero-order valence-electron chi connectivity index (χ0n) is 11.0. The molecular formula is C13H28N2. The first kappa shape index (κ1) is 13.0. The van der Waals surface area contributed by atoms with E-state index in [1.807, 2.05) is 0 Å². The highest BCUT2D eigenvalue weighted by molar-refractivity contribution is 4.75. The van der Waals surface area contributed by atoms with Gasteiger partial charge in [0.05, 0.1) is 0 Å². The lowest BCUT2D eigenvalue weighted by Gasteiger charge is -2.33. The third kappa shape index (κ3) is 5.53. The Kier molecular flexibility index (Phi) is 5.07. The van der Waals surface area contributed by atoms with Crippen LogP contribution in [0.25, 0.3) is 0 Å². The summed E-state index contributed by atoms with van der Waals surface area (Å²) in [4.78, 5) is 2.65. The van der Waals surface area contributed by atoms with Crippen molar-refractivity contribution in [3.63, 3.8) is 0 Å². The predicted octanol–water partition coefficient (Wildman–Crippen LogP) is 2.64. The summed E-state index contributed by atoms with van der Waals surface area (Å²) >= 11 is 0. The van der Waals surface area contributed by atoms with E-state index < -0.39 is 0 Å².